The Balaban J connectivity index is 0.000000310. The molecule has 0 aliphatic heterocycles. The highest BCUT2D eigenvalue weighted by Crippen LogP contribution is 2.11. The van der Waals surface area contributed by atoms with Crippen molar-refractivity contribution in [3.05, 3.63) is 29.8 Å². The molecule has 0 spiro atoms. The summed E-state index contributed by atoms with van der Waals surface area (Å²) in [6.07, 6.45) is 0.620. The summed E-state index contributed by atoms with van der Waals surface area (Å²) in [6.45, 7) is 0. The second kappa shape index (κ2) is 6.20. The minimum Gasteiger partial charge on any atom is -0.507 e. The van der Waals surface area contributed by atoms with Crippen LogP contribution in [0, 0.1) is 0 Å². The number of phenolic OH excluding ortho intramolecular Hbond substituents is 1. The lowest BCUT2D eigenvalue weighted by Gasteiger charge is -1.91. The first kappa shape index (κ1) is 11.6. The minimum atomic E-state index is 0.0347. The van der Waals surface area contributed by atoms with Gasteiger partial charge in [0.15, 0.2) is 6.29 Å². The van der Waals surface area contributed by atoms with Gasteiger partial charge in [0.25, 0.3) is 0 Å². The zero-order valence-corrected chi connectivity index (χ0v) is 8.19. The molecule has 0 aromatic heterocycles. The number of phenols is 1. The molecule has 0 bridgehead atoms. The van der Waals surface area contributed by atoms with Crippen LogP contribution in [0.3, 0.4) is 0 Å². The van der Waals surface area contributed by atoms with Crippen molar-refractivity contribution in [1.82, 2.24) is 4.90 Å². The number of nitrogens with zero attached hydrogens (tertiary/aromatic N) is 1. The van der Waals surface area contributed by atoms with Gasteiger partial charge in [0.05, 0.1) is 5.56 Å². The molecule has 1 N–H and O–H groups in total. The highest BCUT2D eigenvalue weighted by Gasteiger charge is 1.93. The Morgan fingerprint density at radius 1 is 1.23 bits per heavy atom. The van der Waals surface area contributed by atoms with Gasteiger partial charge in [0, 0.05) is 0 Å². The van der Waals surface area contributed by atoms with Crippen molar-refractivity contribution in [2.24, 2.45) is 0 Å². The number of hydrogen-bond acceptors (Lipinski definition) is 3. The third-order valence-electron chi connectivity index (χ3n) is 1.06. The molecular weight excluding hydrogens is 166 g/mol. The predicted molar refractivity (Wildman–Crippen MR) is 53.1 cm³/mol. The van der Waals surface area contributed by atoms with Crippen LogP contribution >= 0.6 is 0 Å². The quantitative estimate of drug-likeness (QED) is 0.665. The number of carbonyl (C=O) groups is 1. The molecule has 0 aliphatic rings. The van der Waals surface area contributed by atoms with Gasteiger partial charge >= 0.3 is 0 Å². The highest BCUT2D eigenvalue weighted by atomic mass is 16.3. The molecule has 0 unspecified atom stereocenters. The molecule has 0 saturated heterocycles. The van der Waals surface area contributed by atoms with Gasteiger partial charge in [-0.05, 0) is 33.3 Å². The van der Waals surface area contributed by atoms with E-state index in [1.807, 2.05) is 26.0 Å². The molecule has 1 rings (SSSR count). The second-order valence-corrected chi connectivity index (χ2v) is 3.02. The molecule has 1 aromatic carbocycles. The van der Waals surface area contributed by atoms with Crippen molar-refractivity contribution in [1.29, 1.82) is 0 Å². The van der Waals surface area contributed by atoms with Crippen molar-refractivity contribution >= 4 is 6.29 Å². The molecule has 0 heterocycles. The number of rotatable bonds is 1. The average molecular weight is 181 g/mol. The van der Waals surface area contributed by atoms with Crippen LogP contribution in [0.2, 0.25) is 0 Å². The Morgan fingerprint density at radius 2 is 1.69 bits per heavy atom. The van der Waals surface area contributed by atoms with Gasteiger partial charge in [-0.2, -0.15) is 0 Å². The summed E-state index contributed by atoms with van der Waals surface area (Å²) in [4.78, 5) is 12.1. The lowest BCUT2D eigenvalue weighted by atomic mass is 10.2. The fourth-order valence-corrected chi connectivity index (χ4v) is 0.587. The van der Waals surface area contributed by atoms with E-state index in [9.17, 15) is 4.79 Å². The largest absolute Gasteiger partial charge is 0.507 e. The molecule has 0 fully saturated rings. The van der Waals surface area contributed by atoms with E-state index in [0.29, 0.717) is 11.8 Å². The van der Waals surface area contributed by atoms with Crippen molar-refractivity contribution < 1.29 is 9.90 Å². The van der Waals surface area contributed by atoms with Gasteiger partial charge in [-0.3, -0.25) is 4.79 Å². The summed E-state index contributed by atoms with van der Waals surface area (Å²) >= 11 is 0. The Morgan fingerprint density at radius 3 is 2.00 bits per heavy atom. The maximum absolute atomic E-state index is 10.1. The molecule has 72 valence electrons. The van der Waals surface area contributed by atoms with E-state index >= 15 is 0 Å². The minimum absolute atomic E-state index is 0.0347. The van der Waals surface area contributed by atoms with E-state index in [1.165, 1.54) is 6.07 Å². The number of carbonyl (C=O) groups excluding carboxylic acids is 1. The number of hydrogen-bond donors (Lipinski definition) is 1. The Hall–Kier alpha value is -1.35. The van der Waals surface area contributed by atoms with E-state index in [1.54, 1.807) is 18.2 Å². The molecule has 1 aromatic rings. The summed E-state index contributed by atoms with van der Waals surface area (Å²) < 4.78 is 0. The van der Waals surface area contributed by atoms with Gasteiger partial charge in [0.2, 0.25) is 0 Å². The smallest absolute Gasteiger partial charge is 0.153 e. The lowest BCUT2D eigenvalue weighted by molar-refractivity contribution is 0.112. The highest BCUT2D eigenvalue weighted by molar-refractivity contribution is 5.78. The first-order chi connectivity index (χ1) is 6.07. The van der Waals surface area contributed by atoms with Crippen LogP contribution in [0.4, 0.5) is 0 Å². The zero-order valence-electron chi connectivity index (χ0n) is 8.19. The number of para-hydroxylation sites is 1. The van der Waals surface area contributed by atoms with E-state index in [4.69, 9.17) is 5.11 Å². The monoisotopic (exact) mass is 181 g/mol. The van der Waals surface area contributed by atoms with Crippen LogP contribution in [0.5, 0.6) is 5.75 Å². The van der Waals surface area contributed by atoms with Crippen LogP contribution in [0.1, 0.15) is 10.4 Å². The van der Waals surface area contributed by atoms with Crippen LogP contribution in [0.15, 0.2) is 24.3 Å². The Kier molecular flexibility index (Phi) is 5.55. The molecule has 3 nitrogen and oxygen atoms in total. The predicted octanol–water partition coefficient (Wildman–Crippen LogP) is 1.38. The first-order valence-corrected chi connectivity index (χ1v) is 3.92. The van der Waals surface area contributed by atoms with Crippen LogP contribution in [-0.2, 0) is 0 Å². The van der Waals surface area contributed by atoms with Crippen molar-refractivity contribution in [3.8, 4) is 5.75 Å². The molecule has 13 heavy (non-hydrogen) atoms. The Labute approximate surface area is 78.6 Å². The standard InChI is InChI=1S/C7H6O2.C3H9N/c8-5-6-3-1-2-4-7(6)9;1-4(2)3/h1-5,9H;1-3H3. The van der Waals surface area contributed by atoms with Crippen LogP contribution in [-0.4, -0.2) is 37.4 Å². The van der Waals surface area contributed by atoms with Gasteiger partial charge in [-0.25, -0.2) is 0 Å². The van der Waals surface area contributed by atoms with E-state index < -0.39 is 0 Å². The molecule has 0 aliphatic carbocycles. The normalized spacial score (nSPS) is 8.92. The summed E-state index contributed by atoms with van der Waals surface area (Å²) in [7, 11) is 6.00. The summed E-state index contributed by atoms with van der Waals surface area (Å²) in [6, 6.07) is 6.40. The number of aromatic hydroxyl groups is 1. The molecule has 0 amide bonds. The maximum atomic E-state index is 10.1. The molecule has 3 heteroatoms. The van der Waals surface area contributed by atoms with E-state index in [0.717, 1.165) is 0 Å². The van der Waals surface area contributed by atoms with Crippen LogP contribution < -0.4 is 0 Å². The maximum Gasteiger partial charge on any atom is 0.153 e. The van der Waals surface area contributed by atoms with Gasteiger partial charge < -0.3 is 10.0 Å². The third-order valence-corrected chi connectivity index (χ3v) is 1.06. The van der Waals surface area contributed by atoms with E-state index in [2.05, 4.69) is 0 Å². The van der Waals surface area contributed by atoms with Gasteiger partial charge in [0.1, 0.15) is 5.75 Å². The van der Waals surface area contributed by atoms with Crippen molar-refractivity contribution in [2.45, 2.75) is 0 Å². The van der Waals surface area contributed by atoms with Gasteiger partial charge in [-0.15, -0.1) is 0 Å². The fraction of sp³-hybridized carbons (Fsp3) is 0.300. The fourth-order valence-electron chi connectivity index (χ4n) is 0.587. The molecule has 0 radical (unpaired) electrons. The van der Waals surface area contributed by atoms with Crippen molar-refractivity contribution in [3.63, 3.8) is 0 Å². The number of benzene rings is 1. The zero-order chi connectivity index (χ0) is 10.3. The molecule has 0 atom stereocenters. The Bertz CT molecular complexity index is 256. The topological polar surface area (TPSA) is 40.5 Å². The SMILES string of the molecule is CN(C)C.O=Cc1ccccc1O. The second-order valence-electron chi connectivity index (χ2n) is 3.02. The summed E-state index contributed by atoms with van der Waals surface area (Å²) in [5.41, 5.74) is 0.331. The number of aldehydes is 1. The lowest BCUT2D eigenvalue weighted by Crippen LogP contribution is -1.99. The van der Waals surface area contributed by atoms with Crippen LogP contribution in [0.25, 0.3) is 0 Å². The summed E-state index contributed by atoms with van der Waals surface area (Å²) in [5.74, 6) is 0.0347. The first-order valence-electron chi connectivity index (χ1n) is 3.92. The van der Waals surface area contributed by atoms with E-state index in [-0.39, 0.29) is 5.75 Å². The van der Waals surface area contributed by atoms with Crippen molar-refractivity contribution in [2.75, 3.05) is 21.1 Å². The van der Waals surface area contributed by atoms with Gasteiger partial charge in [-0.1, -0.05) is 12.1 Å². The molecule has 0 saturated carbocycles. The summed E-state index contributed by atoms with van der Waals surface area (Å²) in [5, 5.41) is 8.88. The average Bonchev–Trinajstić information content (AvgIpc) is 2.04. The molecular formula is C10H15NO2. The third kappa shape index (κ3) is 5.87.